The minimum absolute atomic E-state index is 0. The van der Waals surface area contributed by atoms with Crippen molar-refractivity contribution in [3.63, 3.8) is 0 Å². The van der Waals surface area contributed by atoms with Gasteiger partial charge in [-0.2, -0.15) is 0 Å². The molecule has 0 saturated carbocycles. The van der Waals surface area contributed by atoms with E-state index in [2.05, 4.69) is 52.2 Å². The Balaban J connectivity index is 0.00000288. The number of nitrogens with zero attached hydrogens (tertiary/aromatic N) is 1. The summed E-state index contributed by atoms with van der Waals surface area (Å²) in [6, 6.07) is 12.3. The van der Waals surface area contributed by atoms with E-state index < -0.39 is 0 Å². The van der Waals surface area contributed by atoms with Crippen molar-refractivity contribution >= 4 is 41.3 Å². The average Bonchev–Trinajstić information content (AvgIpc) is 3.04. The Kier molecular flexibility index (Phi) is 9.78. The van der Waals surface area contributed by atoms with Gasteiger partial charge in [0.2, 0.25) is 0 Å². The highest BCUT2D eigenvalue weighted by molar-refractivity contribution is 14.0. The van der Waals surface area contributed by atoms with Crippen molar-refractivity contribution in [3.05, 3.63) is 52.2 Å². The van der Waals surface area contributed by atoms with Crippen LogP contribution in [0.15, 0.2) is 46.8 Å². The maximum Gasteiger partial charge on any atom is 0.191 e. The molecule has 0 aliphatic carbocycles. The molecule has 0 aliphatic heterocycles. The minimum Gasteiger partial charge on any atom is -0.491 e. The second-order valence-electron chi connectivity index (χ2n) is 5.44. The normalized spacial score (nSPS) is 11.1. The number of benzene rings is 1. The van der Waals surface area contributed by atoms with Gasteiger partial charge in [0.15, 0.2) is 5.96 Å². The van der Waals surface area contributed by atoms with Crippen molar-refractivity contribution in [1.82, 2.24) is 10.6 Å². The average molecular weight is 459 g/mol. The lowest BCUT2D eigenvalue weighted by molar-refractivity contribution is 0.242. The Bertz CT molecular complexity index is 597. The monoisotopic (exact) mass is 459 g/mol. The van der Waals surface area contributed by atoms with E-state index in [1.807, 2.05) is 26.0 Å². The van der Waals surface area contributed by atoms with Crippen molar-refractivity contribution in [3.8, 4) is 5.75 Å². The zero-order chi connectivity index (χ0) is 16.5. The van der Waals surface area contributed by atoms with Crippen LogP contribution in [0, 0.1) is 0 Å². The molecular weight excluding hydrogens is 433 g/mol. The molecule has 0 spiro atoms. The molecule has 0 amide bonds. The molecule has 0 radical (unpaired) electrons. The summed E-state index contributed by atoms with van der Waals surface area (Å²) in [4.78, 5) is 5.93. The van der Waals surface area contributed by atoms with E-state index in [9.17, 15) is 0 Å². The maximum atomic E-state index is 5.65. The predicted octanol–water partition coefficient (Wildman–Crippen LogP) is 4.41. The van der Waals surface area contributed by atoms with Gasteiger partial charge in [-0.1, -0.05) is 18.2 Å². The molecule has 24 heavy (non-hydrogen) atoms. The second kappa shape index (κ2) is 11.3. The quantitative estimate of drug-likeness (QED) is 0.367. The first-order chi connectivity index (χ1) is 11.2. The van der Waals surface area contributed by atoms with Gasteiger partial charge in [-0.05, 0) is 49.9 Å². The summed E-state index contributed by atoms with van der Waals surface area (Å²) >= 11 is 1.74. The van der Waals surface area contributed by atoms with Crippen LogP contribution >= 0.6 is 35.3 Å². The highest BCUT2D eigenvalue weighted by Crippen LogP contribution is 2.14. The van der Waals surface area contributed by atoms with Crippen LogP contribution in [0.3, 0.4) is 0 Å². The molecular formula is C18H26IN3OS. The number of hydrogen-bond acceptors (Lipinski definition) is 3. The van der Waals surface area contributed by atoms with Gasteiger partial charge in [-0.15, -0.1) is 35.3 Å². The largest absolute Gasteiger partial charge is 0.491 e. The summed E-state index contributed by atoms with van der Waals surface area (Å²) in [5, 5.41) is 8.71. The first-order valence-electron chi connectivity index (χ1n) is 7.97. The third-order valence-electron chi connectivity index (χ3n) is 3.07. The lowest BCUT2D eigenvalue weighted by atomic mass is 10.2. The molecule has 0 saturated heterocycles. The fraction of sp³-hybridized carbons (Fsp3) is 0.389. The van der Waals surface area contributed by atoms with Crippen molar-refractivity contribution in [2.24, 2.45) is 4.99 Å². The Morgan fingerprint density at radius 1 is 1.17 bits per heavy atom. The van der Waals surface area contributed by atoms with E-state index in [0.29, 0.717) is 6.54 Å². The highest BCUT2D eigenvalue weighted by atomic mass is 127. The standard InChI is InChI=1S/C18H25N3OS.HI/c1-4-19-18(21-13-17-6-5-11-23-17)20-12-15-7-9-16(10-8-15)22-14(2)3;/h5-11,14H,4,12-13H2,1-3H3,(H2,19,20,21);1H. The van der Waals surface area contributed by atoms with Crippen LogP contribution < -0.4 is 15.4 Å². The number of aliphatic imine (C=N–C) groups is 1. The Hall–Kier alpha value is -1.28. The number of hydrogen-bond donors (Lipinski definition) is 2. The SMILES string of the molecule is CCNC(=NCc1ccc(OC(C)C)cc1)NCc1cccs1.I. The topological polar surface area (TPSA) is 45.7 Å². The van der Waals surface area contributed by atoms with E-state index in [-0.39, 0.29) is 30.1 Å². The van der Waals surface area contributed by atoms with Crippen LogP contribution in [0.25, 0.3) is 0 Å². The maximum absolute atomic E-state index is 5.65. The van der Waals surface area contributed by atoms with Gasteiger partial charge in [0.05, 0.1) is 19.2 Å². The number of ether oxygens (including phenoxy) is 1. The Labute approximate surface area is 165 Å². The van der Waals surface area contributed by atoms with E-state index in [1.54, 1.807) is 11.3 Å². The highest BCUT2D eigenvalue weighted by Gasteiger charge is 2.01. The molecule has 2 N–H and O–H groups in total. The summed E-state index contributed by atoms with van der Waals surface area (Å²) in [7, 11) is 0. The number of nitrogens with one attached hydrogen (secondary N) is 2. The molecule has 1 heterocycles. The van der Waals surface area contributed by atoms with Crippen molar-refractivity contribution in [2.75, 3.05) is 6.54 Å². The van der Waals surface area contributed by atoms with Gasteiger partial charge in [0.1, 0.15) is 5.75 Å². The van der Waals surface area contributed by atoms with Crippen LogP contribution in [-0.2, 0) is 13.1 Å². The summed E-state index contributed by atoms with van der Waals surface area (Å²) < 4.78 is 5.65. The first kappa shape index (κ1) is 20.8. The molecule has 0 aliphatic rings. The Morgan fingerprint density at radius 3 is 2.50 bits per heavy atom. The molecule has 6 heteroatoms. The molecule has 0 bridgehead atoms. The minimum atomic E-state index is 0. The van der Waals surface area contributed by atoms with E-state index >= 15 is 0 Å². The fourth-order valence-electron chi connectivity index (χ4n) is 2.04. The molecule has 0 unspecified atom stereocenters. The van der Waals surface area contributed by atoms with Crippen molar-refractivity contribution < 1.29 is 4.74 Å². The lowest BCUT2D eigenvalue weighted by Crippen LogP contribution is -2.36. The third-order valence-corrected chi connectivity index (χ3v) is 3.95. The summed E-state index contributed by atoms with van der Waals surface area (Å²) in [6.45, 7) is 8.41. The van der Waals surface area contributed by atoms with E-state index in [4.69, 9.17) is 4.74 Å². The van der Waals surface area contributed by atoms with Gasteiger partial charge in [0, 0.05) is 11.4 Å². The molecule has 2 rings (SSSR count). The number of guanidine groups is 1. The molecule has 4 nitrogen and oxygen atoms in total. The van der Waals surface area contributed by atoms with Crippen LogP contribution in [0.2, 0.25) is 0 Å². The molecule has 132 valence electrons. The van der Waals surface area contributed by atoms with E-state index in [0.717, 1.165) is 30.4 Å². The number of halogens is 1. The van der Waals surface area contributed by atoms with Crippen molar-refractivity contribution in [2.45, 2.75) is 40.0 Å². The lowest BCUT2D eigenvalue weighted by Gasteiger charge is -2.11. The van der Waals surface area contributed by atoms with Gasteiger partial charge < -0.3 is 15.4 Å². The molecule has 2 aromatic rings. The van der Waals surface area contributed by atoms with Gasteiger partial charge in [0.25, 0.3) is 0 Å². The van der Waals surface area contributed by atoms with Crippen molar-refractivity contribution in [1.29, 1.82) is 0 Å². The van der Waals surface area contributed by atoms with Crippen LogP contribution in [0.1, 0.15) is 31.2 Å². The number of rotatable bonds is 7. The van der Waals surface area contributed by atoms with Crippen LogP contribution in [-0.4, -0.2) is 18.6 Å². The summed E-state index contributed by atoms with van der Waals surface area (Å²) in [5.41, 5.74) is 1.16. The molecule has 1 aromatic heterocycles. The zero-order valence-corrected chi connectivity index (χ0v) is 17.6. The van der Waals surface area contributed by atoms with Gasteiger partial charge in [-0.25, -0.2) is 4.99 Å². The molecule has 0 atom stereocenters. The predicted molar refractivity (Wildman–Crippen MR) is 114 cm³/mol. The summed E-state index contributed by atoms with van der Waals surface area (Å²) in [6.07, 6.45) is 0.195. The van der Waals surface area contributed by atoms with Gasteiger partial charge in [-0.3, -0.25) is 0 Å². The van der Waals surface area contributed by atoms with Gasteiger partial charge >= 0.3 is 0 Å². The second-order valence-corrected chi connectivity index (χ2v) is 6.47. The third kappa shape index (κ3) is 7.53. The summed E-state index contributed by atoms with van der Waals surface area (Å²) in [5.74, 6) is 1.74. The molecule has 0 fully saturated rings. The first-order valence-corrected chi connectivity index (χ1v) is 8.85. The van der Waals surface area contributed by atoms with Crippen LogP contribution in [0.4, 0.5) is 0 Å². The van der Waals surface area contributed by atoms with Crippen LogP contribution in [0.5, 0.6) is 5.75 Å². The van der Waals surface area contributed by atoms with E-state index in [1.165, 1.54) is 4.88 Å². The molecule has 1 aromatic carbocycles. The smallest absolute Gasteiger partial charge is 0.191 e. The number of thiophene rings is 1. The Morgan fingerprint density at radius 2 is 1.92 bits per heavy atom. The fourth-order valence-corrected chi connectivity index (χ4v) is 2.69. The zero-order valence-electron chi connectivity index (χ0n) is 14.4.